The van der Waals surface area contributed by atoms with E-state index in [-0.39, 0.29) is 36.8 Å². The maximum Gasteiger partial charge on any atom is 0.422 e. The highest BCUT2D eigenvalue weighted by Gasteiger charge is 2.35. The fourth-order valence-corrected chi connectivity index (χ4v) is 5.92. The van der Waals surface area contributed by atoms with Crippen molar-refractivity contribution in [3.05, 3.63) is 53.6 Å². The van der Waals surface area contributed by atoms with Crippen LogP contribution in [0.3, 0.4) is 0 Å². The number of halogens is 3. The summed E-state index contributed by atoms with van der Waals surface area (Å²) in [5.74, 6) is 0.225. The number of likely N-dealkylation sites (tertiary alicyclic amines) is 2. The lowest BCUT2D eigenvalue weighted by molar-refractivity contribution is -0.153. The first-order valence-electron chi connectivity index (χ1n) is 14.6. The SMILES string of the molecule is CC(C)N1CCC(Oc2ccc(CC(=O)N3CCC(N4C(=O)OCc5ccccc54)CC3)c(OCC(F)(F)F)c2)CC1. The number of benzene rings is 2. The first kappa shape index (κ1) is 30.0. The second-order valence-corrected chi connectivity index (χ2v) is 11.5. The zero-order valence-corrected chi connectivity index (χ0v) is 24.1. The lowest BCUT2D eigenvalue weighted by Gasteiger charge is -2.40. The van der Waals surface area contributed by atoms with Gasteiger partial charge in [-0.3, -0.25) is 9.69 Å². The van der Waals surface area contributed by atoms with Crippen molar-refractivity contribution in [2.24, 2.45) is 0 Å². The van der Waals surface area contributed by atoms with Gasteiger partial charge in [-0.1, -0.05) is 24.3 Å². The summed E-state index contributed by atoms with van der Waals surface area (Å²) in [5.41, 5.74) is 2.15. The number of amides is 2. The molecule has 0 bridgehead atoms. The molecule has 2 aromatic carbocycles. The third-order valence-corrected chi connectivity index (χ3v) is 8.26. The molecule has 228 valence electrons. The van der Waals surface area contributed by atoms with E-state index in [1.165, 1.54) is 6.07 Å². The van der Waals surface area contributed by atoms with Crippen LogP contribution in [0, 0.1) is 0 Å². The number of rotatable bonds is 8. The second-order valence-electron chi connectivity index (χ2n) is 11.5. The molecule has 3 heterocycles. The summed E-state index contributed by atoms with van der Waals surface area (Å²) in [6, 6.07) is 12.7. The van der Waals surface area contributed by atoms with Crippen LogP contribution in [0.4, 0.5) is 23.7 Å². The fourth-order valence-electron chi connectivity index (χ4n) is 5.92. The van der Waals surface area contributed by atoms with E-state index in [4.69, 9.17) is 14.2 Å². The molecule has 0 aliphatic carbocycles. The van der Waals surface area contributed by atoms with Crippen LogP contribution in [0.5, 0.6) is 11.5 Å². The molecule has 2 aromatic rings. The van der Waals surface area contributed by atoms with Crippen LogP contribution in [-0.2, 0) is 22.6 Å². The number of anilines is 1. The topological polar surface area (TPSA) is 71.6 Å². The maximum absolute atomic E-state index is 13.3. The molecule has 0 saturated carbocycles. The number of ether oxygens (including phenoxy) is 3. The predicted molar refractivity (Wildman–Crippen MR) is 151 cm³/mol. The van der Waals surface area contributed by atoms with Crippen molar-refractivity contribution < 1.29 is 37.0 Å². The third kappa shape index (κ3) is 7.29. The van der Waals surface area contributed by atoms with E-state index >= 15 is 0 Å². The molecule has 2 amide bonds. The Morgan fingerprint density at radius 2 is 1.74 bits per heavy atom. The Balaban J connectivity index is 1.22. The number of piperidine rings is 2. The van der Waals surface area contributed by atoms with Gasteiger partial charge in [0.25, 0.3) is 0 Å². The molecule has 0 atom stereocenters. The molecule has 2 saturated heterocycles. The Kier molecular flexibility index (Phi) is 9.15. The highest BCUT2D eigenvalue weighted by molar-refractivity contribution is 5.91. The maximum atomic E-state index is 13.3. The molecule has 2 fully saturated rings. The van der Waals surface area contributed by atoms with Gasteiger partial charge in [0.05, 0.1) is 12.1 Å². The van der Waals surface area contributed by atoms with E-state index in [1.807, 2.05) is 24.3 Å². The van der Waals surface area contributed by atoms with Crippen LogP contribution in [0.15, 0.2) is 42.5 Å². The van der Waals surface area contributed by atoms with Gasteiger partial charge in [0.2, 0.25) is 5.91 Å². The van der Waals surface area contributed by atoms with E-state index in [2.05, 4.69) is 18.7 Å². The van der Waals surface area contributed by atoms with Gasteiger partial charge in [0.15, 0.2) is 6.61 Å². The number of carbonyl (C=O) groups excluding carboxylic acids is 2. The van der Waals surface area contributed by atoms with Gasteiger partial charge < -0.3 is 24.0 Å². The van der Waals surface area contributed by atoms with Gasteiger partial charge in [0, 0.05) is 55.5 Å². The smallest absolute Gasteiger partial charge is 0.422 e. The summed E-state index contributed by atoms with van der Waals surface area (Å²) in [7, 11) is 0. The lowest BCUT2D eigenvalue weighted by Crippen LogP contribution is -2.50. The summed E-state index contributed by atoms with van der Waals surface area (Å²) in [6.45, 7) is 5.72. The summed E-state index contributed by atoms with van der Waals surface area (Å²) >= 11 is 0. The Bertz CT molecular complexity index is 1250. The normalized spacial score (nSPS) is 19.0. The standard InChI is InChI=1S/C31H38F3N3O5/c1-21(2)35-15-11-25(12-16-35)42-26-8-7-22(28(18-26)41-20-31(32,33)34)17-29(38)36-13-9-24(10-14-36)37-27-6-4-3-5-23(27)19-40-30(37)39/h3-8,18,21,24-25H,9-17,19-20H2,1-2H3. The van der Waals surface area contributed by atoms with Gasteiger partial charge >= 0.3 is 12.3 Å². The van der Waals surface area contributed by atoms with Crippen molar-refractivity contribution in [2.75, 3.05) is 37.7 Å². The molecule has 0 radical (unpaired) electrons. The lowest BCUT2D eigenvalue weighted by atomic mass is 10.00. The molecule has 8 nitrogen and oxygen atoms in total. The van der Waals surface area contributed by atoms with E-state index in [1.54, 1.807) is 21.9 Å². The Labute approximate surface area is 244 Å². The van der Waals surface area contributed by atoms with Gasteiger partial charge in [-0.2, -0.15) is 13.2 Å². The molecule has 5 rings (SSSR count). The van der Waals surface area contributed by atoms with Crippen molar-refractivity contribution in [1.82, 2.24) is 9.80 Å². The van der Waals surface area contributed by atoms with E-state index in [0.29, 0.717) is 43.3 Å². The van der Waals surface area contributed by atoms with Crippen LogP contribution >= 0.6 is 0 Å². The summed E-state index contributed by atoms with van der Waals surface area (Å²) in [5, 5.41) is 0. The number of para-hydroxylation sites is 1. The molecule has 3 aliphatic rings. The van der Waals surface area contributed by atoms with Crippen molar-refractivity contribution in [2.45, 2.75) is 76.9 Å². The largest absolute Gasteiger partial charge is 0.490 e. The molecule has 0 unspecified atom stereocenters. The molecule has 0 aromatic heterocycles. The number of alkyl halides is 3. The number of hydrogen-bond donors (Lipinski definition) is 0. The van der Waals surface area contributed by atoms with Crippen molar-refractivity contribution in [1.29, 1.82) is 0 Å². The van der Waals surface area contributed by atoms with E-state index < -0.39 is 18.9 Å². The molecular weight excluding hydrogens is 551 g/mol. The van der Waals surface area contributed by atoms with Gasteiger partial charge in [-0.25, -0.2) is 4.79 Å². The molecule has 11 heteroatoms. The molecule has 0 spiro atoms. The quantitative estimate of drug-likeness (QED) is 0.401. The van der Waals surface area contributed by atoms with Crippen molar-refractivity contribution in [3.8, 4) is 11.5 Å². The summed E-state index contributed by atoms with van der Waals surface area (Å²) in [4.78, 5) is 31.6. The second kappa shape index (κ2) is 12.8. The van der Waals surface area contributed by atoms with Crippen molar-refractivity contribution >= 4 is 17.7 Å². The minimum absolute atomic E-state index is 0.000321. The van der Waals surface area contributed by atoms with Gasteiger partial charge in [-0.05, 0) is 51.7 Å². The first-order valence-corrected chi connectivity index (χ1v) is 14.6. The summed E-state index contributed by atoms with van der Waals surface area (Å²) in [6.07, 6.45) is -2.26. The summed E-state index contributed by atoms with van der Waals surface area (Å²) < 4.78 is 55.7. The van der Waals surface area contributed by atoms with E-state index in [9.17, 15) is 22.8 Å². The third-order valence-electron chi connectivity index (χ3n) is 8.26. The Morgan fingerprint density at radius 1 is 1.02 bits per heavy atom. The predicted octanol–water partition coefficient (Wildman–Crippen LogP) is 5.57. The van der Waals surface area contributed by atoms with Crippen LogP contribution in [0.1, 0.15) is 50.7 Å². The Morgan fingerprint density at radius 3 is 2.43 bits per heavy atom. The minimum Gasteiger partial charge on any atom is -0.490 e. The number of fused-ring (bicyclic) bond motifs is 1. The van der Waals surface area contributed by atoms with Crippen molar-refractivity contribution in [3.63, 3.8) is 0 Å². The van der Waals surface area contributed by atoms with Gasteiger partial charge in [0.1, 0.15) is 24.2 Å². The minimum atomic E-state index is -4.52. The number of hydrogen-bond acceptors (Lipinski definition) is 6. The zero-order valence-electron chi connectivity index (χ0n) is 24.1. The average molecular weight is 590 g/mol. The number of carbonyl (C=O) groups is 2. The van der Waals surface area contributed by atoms with Crippen LogP contribution in [0.25, 0.3) is 0 Å². The van der Waals surface area contributed by atoms with E-state index in [0.717, 1.165) is 37.2 Å². The first-order chi connectivity index (χ1) is 20.1. The zero-order chi connectivity index (χ0) is 29.9. The molecule has 42 heavy (non-hydrogen) atoms. The molecule has 3 aliphatic heterocycles. The van der Waals surface area contributed by atoms with Crippen LogP contribution < -0.4 is 14.4 Å². The van der Waals surface area contributed by atoms with Gasteiger partial charge in [-0.15, -0.1) is 0 Å². The molecule has 0 N–H and O–H groups in total. The number of nitrogens with zero attached hydrogens (tertiary/aromatic N) is 3. The van der Waals surface area contributed by atoms with Crippen LogP contribution in [-0.4, -0.2) is 79.0 Å². The monoisotopic (exact) mass is 589 g/mol. The fraction of sp³-hybridized carbons (Fsp3) is 0.548. The van der Waals surface area contributed by atoms with Crippen LogP contribution in [0.2, 0.25) is 0 Å². The highest BCUT2D eigenvalue weighted by atomic mass is 19.4. The highest BCUT2D eigenvalue weighted by Crippen LogP contribution is 2.33. The average Bonchev–Trinajstić information content (AvgIpc) is 2.97. The Hall–Kier alpha value is -3.47. The number of cyclic esters (lactones) is 1. The molecular formula is C31H38F3N3O5.